The van der Waals surface area contributed by atoms with Crippen LogP contribution in [0.4, 0.5) is 5.69 Å². The molecule has 137 valence electrons. The summed E-state index contributed by atoms with van der Waals surface area (Å²) in [5.74, 6) is 0. The highest BCUT2D eigenvalue weighted by Crippen LogP contribution is 2.31. The molecular weight excluding hydrogens is 375 g/mol. The number of fused-ring (bicyclic) bond motifs is 1. The van der Waals surface area contributed by atoms with Crippen LogP contribution in [-0.4, -0.2) is 27.2 Å². The molecule has 0 spiro atoms. The van der Waals surface area contributed by atoms with Gasteiger partial charge in [0, 0.05) is 18.1 Å². The minimum absolute atomic E-state index is 0.153. The maximum Gasteiger partial charge on any atom is 0.264 e. The molecular formula is C20H20BN2O2S2. The Labute approximate surface area is 165 Å². The third-order valence-electron chi connectivity index (χ3n) is 4.22. The Morgan fingerprint density at radius 2 is 2.11 bits per heavy atom. The Bertz CT molecular complexity index is 993. The topological polar surface area (TPSA) is 50.3 Å². The van der Waals surface area contributed by atoms with E-state index in [-0.39, 0.29) is 4.91 Å². The molecule has 0 bridgehead atoms. The summed E-state index contributed by atoms with van der Waals surface area (Å²) in [5, 5.41) is 1.87. The Kier molecular flexibility index (Phi) is 6.13. The average molecular weight is 395 g/mol. The molecule has 0 saturated carbocycles. The van der Waals surface area contributed by atoms with Crippen molar-refractivity contribution in [3.05, 3.63) is 89.2 Å². The first-order chi connectivity index (χ1) is 13.1. The molecule has 27 heavy (non-hydrogen) atoms. The molecule has 7 heteroatoms. The van der Waals surface area contributed by atoms with Gasteiger partial charge in [-0.2, -0.15) is 0 Å². The van der Waals surface area contributed by atoms with Crippen molar-refractivity contribution >= 4 is 39.2 Å². The zero-order chi connectivity index (χ0) is 19.3. The first kappa shape index (κ1) is 19.4. The minimum Gasteiger partial charge on any atom is -0.266 e. The van der Waals surface area contributed by atoms with Crippen LogP contribution in [0.5, 0.6) is 0 Å². The zero-order valence-electron chi connectivity index (χ0n) is 14.9. The minimum atomic E-state index is -3.72. The van der Waals surface area contributed by atoms with E-state index in [1.54, 1.807) is 24.4 Å². The first-order valence-corrected chi connectivity index (χ1v) is 10.9. The van der Waals surface area contributed by atoms with Gasteiger partial charge in [0.15, 0.2) is 0 Å². The maximum atomic E-state index is 13.3. The Morgan fingerprint density at radius 3 is 2.81 bits per heavy atom. The Morgan fingerprint density at radius 1 is 1.30 bits per heavy atom. The fourth-order valence-electron chi connectivity index (χ4n) is 3.00. The summed E-state index contributed by atoms with van der Waals surface area (Å²) < 4.78 is 28.1. The van der Waals surface area contributed by atoms with Crippen LogP contribution in [0.1, 0.15) is 12.0 Å². The monoisotopic (exact) mass is 395 g/mol. The Balaban J connectivity index is 1.98. The second-order valence-electron chi connectivity index (χ2n) is 5.98. The van der Waals surface area contributed by atoms with E-state index in [1.807, 2.05) is 36.9 Å². The van der Waals surface area contributed by atoms with Gasteiger partial charge in [0.25, 0.3) is 10.0 Å². The number of anilines is 1. The molecule has 3 rings (SSSR count). The fraction of sp³-hybridized carbons (Fsp3) is 0.150. The number of aryl methyl sites for hydroxylation is 1. The lowest BCUT2D eigenvalue weighted by Crippen LogP contribution is -2.36. The number of benzene rings is 1. The lowest BCUT2D eigenvalue weighted by molar-refractivity contribution is 0.593. The molecule has 1 aromatic heterocycles. The van der Waals surface area contributed by atoms with Crippen LogP contribution in [0.2, 0.25) is 0 Å². The molecule has 2 aromatic rings. The molecule has 1 aliphatic heterocycles. The lowest BCUT2D eigenvalue weighted by atomic mass is 9.70. The van der Waals surface area contributed by atoms with E-state index in [0.717, 1.165) is 29.0 Å². The van der Waals surface area contributed by atoms with Gasteiger partial charge in [0.2, 0.25) is 7.28 Å². The number of sulfonamides is 1. The highest BCUT2D eigenvalue weighted by molar-refractivity contribution is 7.96. The zero-order valence-corrected chi connectivity index (χ0v) is 16.5. The van der Waals surface area contributed by atoms with E-state index >= 15 is 0 Å². The molecule has 2 heterocycles. The smallest absolute Gasteiger partial charge is 0.264 e. The van der Waals surface area contributed by atoms with E-state index in [4.69, 9.17) is 0 Å². The van der Waals surface area contributed by atoms with Crippen molar-refractivity contribution in [2.75, 3.05) is 10.8 Å². The van der Waals surface area contributed by atoms with Crippen LogP contribution in [0.15, 0.2) is 83.7 Å². The van der Waals surface area contributed by atoms with Crippen molar-refractivity contribution in [1.29, 1.82) is 0 Å². The van der Waals surface area contributed by atoms with Crippen LogP contribution in [0.25, 0.3) is 0 Å². The summed E-state index contributed by atoms with van der Waals surface area (Å²) in [7, 11) is -1.89. The van der Waals surface area contributed by atoms with Crippen molar-refractivity contribution in [1.82, 2.24) is 4.98 Å². The number of rotatable bonds is 7. The molecule has 1 radical (unpaired) electrons. The molecule has 0 atom stereocenters. The molecule has 4 nitrogen and oxygen atoms in total. The SMILES string of the molecule is C=C/C=C([B]c1nccs1)\C=C(/C=C)S(=O)(=O)N1CCCc2ccccc21. The molecule has 0 saturated heterocycles. The van der Waals surface area contributed by atoms with Crippen molar-refractivity contribution in [2.24, 2.45) is 0 Å². The van der Waals surface area contributed by atoms with E-state index in [0.29, 0.717) is 12.0 Å². The van der Waals surface area contributed by atoms with Gasteiger partial charge in [-0.15, -0.1) is 11.3 Å². The van der Waals surface area contributed by atoms with Gasteiger partial charge in [0.1, 0.15) is 0 Å². The maximum absolute atomic E-state index is 13.3. The van der Waals surface area contributed by atoms with E-state index in [9.17, 15) is 8.42 Å². The second-order valence-corrected chi connectivity index (χ2v) is 8.77. The van der Waals surface area contributed by atoms with Crippen LogP contribution in [0.3, 0.4) is 0 Å². The van der Waals surface area contributed by atoms with Crippen LogP contribution in [-0.2, 0) is 16.4 Å². The van der Waals surface area contributed by atoms with Crippen LogP contribution in [0, 0.1) is 0 Å². The number of thiazole rings is 1. The van der Waals surface area contributed by atoms with E-state index in [2.05, 4.69) is 18.1 Å². The predicted octanol–water partition coefficient (Wildman–Crippen LogP) is 3.40. The third kappa shape index (κ3) is 4.31. The van der Waals surface area contributed by atoms with Crippen LogP contribution < -0.4 is 9.21 Å². The van der Waals surface area contributed by atoms with Crippen LogP contribution >= 0.6 is 11.3 Å². The summed E-state index contributed by atoms with van der Waals surface area (Å²) >= 11 is 1.48. The van der Waals surface area contributed by atoms with Gasteiger partial charge < -0.3 is 0 Å². The van der Waals surface area contributed by atoms with Gasteiger partial charge in [0.05, 0.1) is 15.5 Å². The van der Waals surface area contributed by atoms with Gasteiger partial charge >= 0.3 is 0 Å². The van der Waals surface area contributed by atoms with Gasteiger partial charge in [-0.3, -0.25) is 9.29 Å². The number of hydrogen-bond acceptors (Lipinski definition) is 4. The summed E-state index contributed by atoms with van der Waals surface area (Å²) in [4.78, 5) is 5.17. The largest absolute Gasteiger partial charge is 0.266 e. The van der Waals surface area contributed by atoms with Gasteiger partial charge in [-0.05, 0) is 36.6 Å². The lowest BCUT2D eigenvalue weighted by Gasteiger charge is -2.30. The van der Waals surface area contributed by atoms with Crippen molar-refractivity contribution in [2.45, 2.75) is 12.8 Å². The third-order valence-corrected chi connectivity index (χ3v) is 6.78. The molecule has 0 fully saturated rings. The average Bonchev–Trinajstić information content (AvgIpc) is 3.18. The standard InChI is InChI=1S/C20H20BN2O2S2/c1-3-8-17(21-20-22-12-14-26-20)15-18(4-2)27(24,25)23-13-7-10-16-9-5-6-11-19(16)23/h3-6,8-9,11-12,14-15H,1-2,7,10,13H2/b17-8+,18-15+. The normalized spacial score (nSPS) is 15.2. The summed E-state index contributed by atoms with van der Waals surface area (Å²) in [6.07, 6.45) is 9.77. The molecule has 1 aliphatic rings. The highest BCUT2D eigenvalue weighted by atomic mass is 32.2. The fourth-order valence-corrected chi connectivity index (χ4v) is 5.14. The first-order valence-electron chi connectivity index (χ1n) is 8.58. The predicted molar refractivity (Wildman–Crippen MR) is 115 cm³/mol. The number of hydrogen-bond donors (Lipinski definition) is 0. The van der Waals surface area contributed by atoms with Crippen molar-refractivity contribution in [3.8, 4) is 0 Å². The van der Waals surface area contributed by atoms with E-state index < -0.39 is 10.0 Å². The second kappa shape index (κ2) is 8.54. The van der Waals surface area contributed by atoms with Gasteiger partial charge in [-0.25, -0.2) is 8.42 Å². The summed E-state index contributed by atoms with van der Waals surface area (Å²) in [6, 6.07) is 7.64. The molecule has 0 N–H and O–H groups in total. The number of para-hydroxylation sites is 1. The van der Waals surface area contributed by atoms with E-state index in [1.165, 1.54) is 21.7 Å². The molecule has 0 aliphatic carbocycles. The van der Waals surface area contributed by atoms with Crippen molar-refractivity contribution < 1.29 is 8.42 Å². The summed E-state index contributed by atoms with van der Waals surface area (Å²) in [6.45, 7) is 7.91. The number of aromatic nitrogens is 1. The summed E-state index contributed by atoms with van der Waals surface area (Å²) in [5.41, 5.74) is 2.49. The number of allylic oxidation sites excluding steroid dienone is 5. The van der Waals surface area contributed by atoms with Gasteiger partial charge in [-0.1, -0.05) is 49.0 Å². The molecule has 0 unspecified atom stereocenters. The molecule has 1 aromatic carbocycles. The quantitative estimate of drug-likeness (QED) is 0.534. The molecule has 0 amide bonds. The van der Waals surface area contributed by atoms with Crippen molar-refractivity contribution in [3.63, 3.8) is 0 Å². The Hall–Kier alpha value is -2.38. The number of nitrogens with zero attached hydrogens (tertiary/aromatic N) is 2. The highest BCUT2D eigenvalue weighted by Gasteiger charge is 2.29.